The average Bonchev–Trinajstić information content (AvgIpc) is 2.17. The number of hydrogen-bond donors (Lipinski definition) is 2. The molecule has 1 heterocycles. The van der Waals surface area contributed by atoms with Crippen molar-refractivity contribution in [1.82, 2.24) is 10.3 Å². The first-order chi connectivity index (χ1) is 7.81. The number of methoxy groups -OCH3 is 1. The fourth-order valence-corrected chi connectivity index (χ4v) is 1.27. The van der Waals surface area contributed by atoms with Crippen LogP contribution in [0.3, 0.4) is 0 Å². The molecule has 0 spiro atoms. The van der Waals surface area contributed by atoms with E-state index >= 15 is 0 Å². The van der Waals surface area contributed by atoms with Gasteiger partial charge in [-0.1, -0.05) is 0 Å². The number of nitrogens with one attached hydrogen (secondary N) is 1. The number of rotatable bonds is 2. The Kier molecular flexibility index (Phi) is 4.01. The smallest absolute Gasteiger partial charge is 0.412 e. The summed E-state index contributed by atoms with van der Waals surface area (Å²) in [5.41, 5.74) is 0.0272. The molecule has 0 saturated heterocycles. The minimum Gasteiger partial charge on any atom is -0.497 e. The number of carbonyl (C=O) groups is 1. The Labute approximate surface area is 101 Å². The Balaban J connectivity index is 2.67. The van der Waals surface area contributed by atoms with Crippen LogP contribution in [0.2, 0.25) is 0 Å². The van der Waals surface area contributed by atoms with Crippen LogP contribution < -0.4 is 11.2 Å². The summed E-state index contributed by atoms with van der Waals surface area (Å²) in [6.07, 6.45) is 2.79. The highest BCUT2D eigenvalue weighted by Crippen LogP contribution is 2.13. The Morgan fingerprint density at radius 3 is 2.71 bits per heavy atom. The molecular formula is C11H19N3O3. The van der Waals surface area contributed by atoms with Crippen molar-refractivity contribution in [3.8, 4) is 0 Å². The molecular weight excluding hydrogens is 222 g/mol. The third-order valence-electron chi connectivity index (χ3n) is 1.94. The van der Waals surface area contributed by atoms with E-state index < -0.39 is 11.7 Å². The first-order valence-corrected chi connectivity index (χ1v) is 5.28. The lowest BCUT2D eigenvalue weighted by Gasteiger charge is -2.24. The summed E-state index contributed by atoms with van der Waals surface area (Å²) in [5.74, 6) is 6.17. The fourth-order valence-electron chi connectivity index (χ4n) is 1.27. The number of nitrogens with zero attached hydrogens (tertiary/aromatic N) is 1. The number of alkyl carbamates (subject to hydrolysis) is 1. The van der Waals surface area contributed by atoms with E-state index in [0.29, 0.717) is 18.0 Å². The molecule has 1 aliphatic heterocycles. The molecule has 0 aromatic rings. The predicted molar refractivity (Wildman–Crippen MR) is 63.4 cm³/mol. The van der Waals surface area contributed by atoms with Crippen molar-refractivity contribution in [2.75, 3.05) is 13.7 Å². The lowest BCUT2D eigenvalue weighted by molar-refractivity contribution is 0.0543. The van der Waals surface area contributed by atoms with Gasteiger partial charge in [0.05, 0.1) is 19.4 Å². The van der Waals surface area contributed by atoms with Gasteiger partial charge in [0.1, 0.15) is 11.4 Å². The van der Waals surface area contributed by atoms with E-state index in [0.717, 1.165) is 0 Å². The van der Waals surface area contributed by atoms with Gasteiger partial charge in [0.15, 0.2) is 0 Å². The molecule has 0 unspecified atom stereocenters. The number of hydrogen-bond acceptors (Lipinski definition) is 5. The molecule has 0 aromatic carbocycles. The van der Waals surface area contributed by atoms with Crippen LogP contribution in [-0.2, 0) is 9.47 Å². The minimum absolute atomic E-state index is 0.401. The molecule has 0 aromatic heterocycles. The predicted octanol–water partition coefficient (Wildman–Crippen LogP) is 1.07. The molecule has 6 nitrogen and oxygen atoms in total. The number of ether oxygens (including phenoxy) is 2. The van der Waals surface area contributed by atoms with Crippen molar-refractivity contribution in [2.24, 2.45) is 5.84 Å². The zero-order valence-electron chi connectivity index (χ0n) is 10.6. The summed E-state index contributed by atoms with van der Waals surface area (Å²) >= 11 is 0. The lowest BCUT2D eigenvalue weighted by Crippen LogP contribution is -2.36. The highest BCUT2D eigenvalue weighted by atomic mass is 16.6. The van der Waals surface area contributed by atoms with E-state index in [2.05, 4.69) is 5.32 Å². The Bertz CT molecular complexity index is 355. The van der Waals surface area contributed by atoms with E-state index in [9.17, 15) is 4.79 Å². The second-order valence-electron chi connectivity index (χ2n) is 4.66. The van der Waals surface area contributed by atoms with Crippen molar-refractivity contribution >= 4 is 6.09 Å². The maximum absolute atomic E-state index is 11.6. The van der Waals surface area contributed by atoms with Gasteiger partial charge >= 0.3 is 6.09 Å². The highest BCUT2D eigenvalue weighted by molar-refractivity contribution is 5.71. The molecule has 0 bridgehead atoms. The van der Waals surface area contributed by atoms with Gasteiger partial charge < -0.3 is 14.5 Å². The summed E-state index contributed by atoms with van der Waals surface area (Å²) in [6, 6.07) is 0. The minimum atomic E-state index is -0.532. The summed E-state index contributed by atoms with van der Waals surface area (Å²) in [6.45, 7) is 5.81. The Hall–Kier alpha value is -1.69. The van der Waals surface area contributed by atoms with Crippen molar-refractivity contribution in [3.05, 3.63) is 23.7 Å². The average molecular weight is 241 g/mol. The van der Waals surface area contributed by atoms with Gasteiger partial charge in [-0.3, -0.25) is 5.32 Å². The standard InChI is InChI=1S/C11H19N3O3/c1-11(2,3)17-10(15)13-8-5-6-14(12)7-9(8)16-4/h5-6H,7,12H2,1-4H3,(H,13,15). The second kappa shape index (κ2) is 5.09. The van der Waals surface area contributed by atoms with Crippen molar-refractivity contribution in [2.45, 2.75) is 26.4 Å². The summed E-state index contributed by atoms with van der Waals surface area (Å²) in [4.78, 5) is 11.6. The zero-order chi connectivity index (χ0) is 13.1. The monoisotopic (exact) mass is 241 g/mol. The molecule has 6 heteroatoms. The van der Waals surface area contributed by atoms with Gasteiger partial charge in [-0.05, 0) is 26.8 Å². The van der Waals surface area contributed by atoms with Crippen LogP contribution in [0.1, 0.15) is 20.8 Å². The molecule has 1 rings (SSSR count). The highest BCUT2D eigenvalue weighted by Gasteiger charge is 2.19. The molecule has 1 aliphatic rings. The molecule has 0 aliphatic carbocycles. The third-order valence-corrected chi connectivity index (χ3v) is 1.94. The van der Waals surface area contributed by atoms with Gasteiger partial charge in [0, 0.05) is 6.20 Å². The molecule has 1 amide bonds. The van der Waals surface area contributed by atoms with Gasteiger partial charge in [0.25, 0.3) is 0 Å². The molecule has 96 valence electrons. The Morgan fingerprint density at radius 2 is 2.18 bits per heavy atom. The number of allylic oxidation sites excluding steroid dienone is 1. The molecule has 0 atom stereocenters. The molecule has 3 N–H and O–H groups in total. The van der Waals surface area contributed by atoms with Gasteiger partial charge in [-0.25, -0.2) is 10.6 Å². The normalized spacial score (nSPS) is 15.9. The van der Waals surface area contributed by atoms with Crippen LogP contribution in [0, 0.1) is 0 Å². The molecule has 0 saturated carbocycles. The third kappa shape index (κ3) is 4.36. The number of nitrogens with two attached hydrogens (primary N) is 1. The van der Waals surface area contributed by atoms with Crippen LogP contribution in [0.4, 0.5) is 4.79 Å². The summed E-state index contributed by atoms with van der Waals surface area (Å²) in [5, 5.41) is 4.08. The van der Waals surface area contributed by atoms with Crippen LogP contribution in [0.15, 0.2) is 23.7 Å². The quantitative estimate of drug-likeness (QED) is 0.707. The Morgan fingerprint density at radius 1 is 1.53 bits per heavy atom. The molecule has 0 fully saturated rings. The van der Waals surface area contributed by atoms with Crippen LogP contribution in [-0.4, -0.2) is 30.4 Å². The number of carbonyl (C=O) groups excluding carboxylic acids is 1. The van der Waals surface area contributed by atoms with E-state index in [1.807, 2.05) is 0 Å². The fraction of sp³-hybridized carbons (Fsp3) is 0.545. The summed E-state index contributed by atoms with van der Waals surface area (Å²) in [7, 11) is 1.53. The number of amides is 1. The van der Waals surface area contributed by atoms with Crippen LogP contribution >= 0.6 is 0 Å². The first kappa shape index (κ1) is 13.4. The number of hydrazine groups is 1. The largest absolute Gasteiger partial charge is 0.497 e. The zero-order valence-corrected chi connectivity index (χ0v) is 10.6. The SMILES string of the molecule is COC1=C(NC(=O)OC(C)(C)C)C=CN(N)C1. The maximum Gasteiger partial charge on any atom is 0.412 e. The van der Waals surface area contributed by atoms with E-state index in [1.165, 1.54) is 12.1 Å². The maximum atomic E-state index is 11.6. The van der Waals surface area contributed by atoms with E-state index in [-0.39, 0.29) is 0 Å². The van der Waals surface area contributed by atoms with Crippen LogP contribution in [0.5, 0.6) is 0 Å². The van der Waals surface area contributed by atoms with E-state index in [1.54, 1.807) is 33.0 Å². The second-order valence-corrected chi connectivity index (χ2v) is 4.66. The first-order valence-electron chi connectivity index (χ1n) is 5.28. The van der Waals surface area contributed by atoms with Crippen molar-refractivity contribution in [1.29, 1.82) is 0 Å². The van der Waals surface area contributed by atoms with Gasteiger partial charge in [0.2, 0.25) is 0 Å². The van der Waals surface area contributed by atoms with E-state index in [4.69, 9.17) is 15.3 Å². The van der Waals surface area contributed by atoms with Crippen molar-refractivity contribution < 1.29 is 14.3 Å². The van der Waals surface area contributed by atoms with Crippen LogP contribution in [0.25, 0.3) is 0 Å². The lowest BCUT2D eigenvalue weighted by atomic mass is 10.2. The van der Waals surface area contributed by atoms with Crippen molar-refractivity contribution in [3.63, 3.8) is 0 Å². The molecule has 17 heavy (non-hydrogen) atoms. The topological polar surface area (TPSA) is 76.8 Å². The van der Waals surface area contributed by atoms with Gasteiger partial charge in [-0.15, -0.1) is 0 Å². The van der Waals surface area contributed by atoms with Gasteiger partial charge in [-0.2, -0.15) is 0 Å². The summed E-state index contributed by atoms with van der Waals surface area (Å²) < 4.78 is 10.3. The molecule has 0 radical (unpaired) electrons.